The topological polar surface area (TPSA) is 120 Å². The average Bonchev–Trinajstić information content (AvgIpc) is 3.32. The van der Waals surface area contributed by atoms with E-state index in [1.54, 1.807) is 30.0 Å². The van der Waals surface area contributed by atoms with Gasteiger partial charge in [-0.25, -0.2) is 14.5 Å². The van der Waals surface area contributed by atoms with Crippen molar-refractivity contribution in [3.05, 3.63) is 94.3 Å². The Hall–Kier alpha value is -4.97. The zero-order valence-electron chi connectivity index (χ0n) is 22.2. The van der Waals surface area contributed by atoms with Gasteiger partial charge in [0.25, 0.3) is 11.5 Å². The summed E-state index contributed by atoms with van der Waals surface area (Å²) in [6.07, 6.45) is 9.09. The van der Waals surface area contributed by atoms with E-state index in [9.17, 15) is 9.59 Å². The van der Waals surface area contributed by atoms with Gasteiger partial charge in [0.2, 0.25) is 0 Å². The SMILES string of the molecule is C[C@H](NC(=O)c1c(N)nn2cccnc12)c1nc2cccc(C#CC3CCCCC3)c2c(=O)n1-c1ccccc1. The fourth-order valence-corrected chi connectivity index (χ4v) is 5.35. The zero-order valence-corrected chi connectivity index (χ0v) is 22.2. The fraction of sp³-hybridized carbons (Fsp3) is 0.258. The second-order valence-corrected chi connectivity index (χ2v) is 10.1. The third kappa shape index (κ3) is 4.69. The molecule has 3 heterocycles. The van der Waals surface area contributed by atoms with Crippen LogP contribution < -0.4 is 16.6 Å². The van der Waals surface area contributed by atoms with Crippen LogP contribution >= 0.6 is 0 Å². The molecule has 40 heavy (non-hydrogen) atoms. The van der Waals surface area contributed by atoms with Crippen LogP contribution in [0.5, 0.6) is 0 Å². The number of amides is 1. The molecule has 1 aliphatic rings. The lowest BCUT2D eigenvalue weighted by molar-refractivity contribution is 0.0940. The van der Waals surface area contributed by atoms with Gasteiger partial charge in [0.15, 0.2) is 11.5 Å². The molecule has 1 fully saturated rings. The van der Waals surface area contributed by atoms with Crippen molar-refractivity contribution in [1.82, 2.24) is 29.5 Å². The van der Waals surface area contributed by atoms with E-state index in [0.717, 1.165) is 12.8 Å². The monoisotopic (exact) mass is 531 g/mol. The van der Waals surface area contributed by atoms with Gasteiger partial charge in [-0.05, 0) is 50.1 Å². The molecular formula is C31H29N7O2. The van der Waals surface area contributed by atoms with Gasteiger partial charge < -0.3 is 11.1 Å². The van der Waals surface area contributed by atoms with E-state index in [2.05, 4.69) is 27.2 Å². The molecule has 0 saturated heterocycles. The first-order chi connectivity index (χ1) is 19.5. The minimum absolute atomic E-state index is 0.0662. The summed E-state index contributed by atoms with van der Waals surface area (Å²) < 4.78 is 3.01. The number of benzene rings is 2. The summed E-state index contributed by atoms with van der Waals surface area (Å²) in [4.78, 5) is 36.7. The lowest BCUT2D eigenvalue weighted by Crippen LogP contribution is -2.33. The number of carbonyl (C=O) groups excluding carboxylic acids is 1. The summed E-state index contributed by atoms with van der Waals surface area (Å²) in [5.74, 6) is 7.05. The van der Waals surface area contributed by atoms with E-state index in [4.69, 9.17) is 10.7 Å². The van der Waals surface area contributed by atoms with Crippen LogP contribution in [0.1, 0.15) is 66.8 Å². The van der Waals surface area contributed by atoms with E-state index in [1.165, 1.54) is 23.8 Å². The van der Waals surface area contributed by atoms with E-state index < -0.39 is 11.9 Å². The van der Waals surface area contributed by atoms with Gasteiger partial charge in [-0.2, -0.15) is 0 Å². The highest BCUT2D eigenvalue weighted by Crippen LogP contribution is 2.24. The van der Waals surface area contributed by atoms with Crippen LogP contribution in [0.25, 0.3) is 22.2 Å². The molecule has 2 aromatic carbocycles. The van der Waals surface area contributed by atoms with Crippen LogP contribution in [0.3, 0.4) is 0 Å². The zero-order chi connectivity index (χ0) is 27.6. The summed E-state index contributed by atoms with van der Waals surface area (Å²) >= 11 is 0. The first-order valence-electron chi connectivity index (χ1n) is 13.5. The van der Waals surface area contributed by atoms with Crippen molar-refractivity contribution in [1.29, 1.82) is 0 Å². The number of hydrogen-bond donors (Lipinski definition) is 2. The lowest BCUT2D eigenvalue weighted by atomic mass is 9.89. The highest BCUT2D eigenvalue weighted by atomic mass is 16.2. The Morgan fingerprint density at radius 1 is 1.07 bits per heavy atom. The molecule has 1 aliphatic carbocycles. The van der Waals surface area contributed by atoms with Crippen molar-refractivity contribution in [2.45, 2.75) is 45.1 Å². The predicted molar refractivity (Wildman–Crippen MR) is 154 cm³/mol. The second kappa shape index (κ2) is 10.7. The number of carbonyl (C=O) groups is 1. The lowest BCUT2D eigenvalue weighted by Gasteiger charge is -2.20. The number of hydrogen-bond acceptors (Lipinski definition) is 6. The molecule has 3 aromatic heterocycles. The van der Waals surface area contributed by atoms with Crippen molar-refractivity contribution in [3.63, 3.8) is 0 Å². The molecule has 9 heteroatoms. The molecule has 0 unspecified atom stereocenters. The van der Waals surface area contributed by atoms with E-state index in [0.29, 0.717) is 39.5 Å². The third-order valence-electron chi connectivity index (χ3n) is 7.34. The summed E-state index contributed by atoms with van der Waals surface area (Å²) in [7, 11) is 0. The normalized spacial score (nSPS) is 14.5. The van der Waals surface area contributed by atoms with Gasteiger partial charge in [0.05, 0.1) is 22.6 Å². The number of nitrogens with zero attached hydrogens (tertiary/aromatic N) is 5. The summed E-state index contributed by atoms with van der Waals surface area (Å²) in [5, 5.41) is 7.60. The van der Waals surface area contributed by atoms with Gasteiger partial charge in [0.1, 0.15) is 11.4 Å². The van der Waals surface area contributed by atoms with Gasteiger partial charge in [0, 0.05) is 23.9 Å². The Balaban J connectivity index is 1.45. The van der Waals surface area contributed by atoms with Crippen molar-refractivity contribution >= 4 is 28.3 Å². The highest BCUT2D eigenvalue weighted by Gasteiger charge is 2.25. The van der Waals surface area contributed by atoms with Gasteiger partial charge in [-0.1, -0.05) is 55.4 Å². The third-order valence-corrected chi connectivity index (χ3v) is 7.34. The van der Waals surface area contributed by atoms with E-state index in [-0.39, 0.29) is 16.9 Å². The van der Waals surface area contributed by atoms with Crippen molar-refractivity contribution in [3.8, 4) is 17.5 Å². The predicted octanol–water partition coefficient (Wildman–Crippen LogP) is 4.43. The molecule has 9 nitrogen and oxygen atoms in total. The van der Waals surface area contributed by atoms with Crippen molar-refractivity contribution in [2.75, 3.05) is 5.73 Å². The highest BCUT2D eigenvalue weighted by molar-refractivity contribution is 6.04. The number of nitrogens with two attached hydrogens (primary N) is 1. The number of rotatable bonds is 4. The molecule has 200 valence electrons. The Morgan fingerprint density at radius 3 is 2.67 bits per heavy atom. The standard InChI is InChI=1S/C31H29N7O2/c1-20(34-30(39)26-27(32)36-37-19-9-18-33-29(26)37)28-35-24-15-8-12-22(17-16-21-10-4-2-5-11-21)25(24)31(40)38(28)23-13-6-3-7-14-23/h3,6-9,12-15,18-21H,2,4-5,10-11H2,1H3,(H2,32,36)(H,34,39)/t20-/m0/s1. The van der Waals surface area contributed by atoms with Crippen molar-refractivity contribution in [2.24, 2.45) is 5.92 Å². The second-order valence-electron chi connectivity index (χ2n) is 10.1. The smallest absolute Gasteiger partial charge is 0.267 e. The largest absolute Gasteiger partial charge is 0.381 e. The first kappa shape index (κ1) is 25.3. The Kier molecular flexibility index (Phi) is 6.74. The van der Waals surface area contributed by atoms with Crippen LogP contribution in [-0.2, 0) is 0 Å². The number of para-hydroxylation sites is 1. The van der Waals surface area contributed by atoms with Crippen LogP contribution in [0, 0.1) is 17.8 Å². The molecule has 6 rings (SSSR count). The maximum absolute atomic E-state index is 14.2. The van der Waals surface area contributed by atoms with Crippen LogP contribution in [0.2, 0.25) is 0 Å². The molecular weight excluding hydrogens is 502 g/mol. The number of anilines is 1. The molecule has 1 amide bonds. The van der Waals surface area contributed by atoms with Crippen LogP contribution in [0.4, 0.5) is 5.82 Å². The minimum atomic E-state index is -0.653. The Labute approximate surface area is 231 Å². The molecule has 5 aromatic rings. The average molecular weight is 532 g/mol. The molecule has 0 spiro atoms. The van der Waals surface area contributed by atoms with Crippen LogP contribution in [-0.4, -0.2) is 30.1 Å². The number of fused-ring (bicyclic) bond motifs is 2. The molecule has 0 radical (unpaired) electrons. The maximum Gasteiger partial charge on any atom is 0.267 e. The minimum Gasteiger partial charge on any atom is -0.381 e. The summed E-state index contributed by atoms with van der Waals surface area (Å²) in [6, 6.07) is 15.9. The molecule has 3 N–H and O–H groups in total. The Bertz CT molecular complexity index is 1840. The van der Waals surface area contributed by atoms with Gasteiger partial charge in [-0.3, -0.25) is 14.2 Å². The van der Waals surface area contributed by atoms with Gasteiger partial charge >= 0.3 is 0 Å². The Morgan fingerprint density at radius 2 is 1.88 bits per heavy atom. The van der Waals surface area contributed by atoms with Gasteiger partial charge in [-0.15, -0.1) is 5.10 Å². The van der Waals surface area contributed by atoms with E-state index in [1.807, 2.05) is 48.5 Å². The van der Waals surface area contributed by atoms with Crippen molar-refractivity contribution < 1.29 is 4.79 Å². The molecule has 1 saturated carbocycles. The number of nitrogen functional groups attached to an aromatic ring is 1. The summed E-state index contributed by atoms with van der Waals surface area (Å²) in [5.41, 5.74) is 8.18. The number of nitrogens with one attached hydrogen (secondary N) is 1. The fourth-order valence-electron chi connectivity index (χ4n) is 5.35. The number of aromatic nitrogens is 5. The van der Waals surface area contributed by atoms with E-state index >= 15 is 0 Å². The van der Waals surface area contributed by atoms with Crippen LogP contribution in [0.15, 0.2) is 71.8 Å². The quantitative estimate of drug-likeness (QED) is 0.331. The molecule has 0 aliphatic heterocycles. The molecule has 1 atom stereocenters. The summed E-state index contributed by atoms with van der Waals surface area (Å²) in [6.45, 7) is 1.78. The molecule has 0 bridgehead atoms. The first-order valence-corrected chi connectivity index (χ1v) is 13.5. The maximum atomic E-state index is 14.2.